The normalized spacial score (nSPS) is 14.5. The van der Waals surface area contributed by atoms with Crippen LogP contribution < -0.4 is 5.32 Å². The van der Waals surface area contributed by atoms with Gasteiger partial charge in [0.15, 0.2) is 9.84 Å². The molecule has 3 aromatic rings. The van der Waals surface area contributed by atoms with E-state index in [4.69, 9.17) is 0 Å². The minimum atomic E-state index is -3.68. The lowest BCUT2D eigenvalue weighted by Crippen LogP contribution is -2.35. The zero-order chi connectivity index (χ0) is 22.9. The number of rotatable bonds is 5. The molecule has 3 aromatic carbocycles. The van der Waals surface area contributed by atoms with Gasteiger partial charge in [0, 0.05) is 30.6 Å². The minimum Gasteiger partial charge on any atom is -0.322 e. The van der Waals surface area contributed by atoms with Crippen molar-refractivity contribution in [1.29, 1.82) is 0 Å². The Labute approximate surface area is 187 Å². The number of nitrogens with zero attached hydrogens (tertiary/aromatic N) is 1. The topological polar surface area (TPSA) is 101 Å². The second-order valence-electron chi connectivity index (χ2n) is 7.63. The van der Waals surface area contributed by atoms with Gasteiger partial charge in [-0.3, -0.25) is 4.79 Å². The SMILES string of the molecule is CS(=O)(=O)c1ccc(NC(=O)c2ccc(S(=O)(=O)N3CCc4ccccc4C3)cc2)cc1. The monoisotopic (exact) mass is 470 g/mol. The van der Waals surface area contributed by atoms with Crippen molar-refractivity contribution >= 4 is 31.5 Å². The Bertz CT molecular complexity index is 1360. The van der Waals surface area contributed by atoms with Crippen LogP contribution in [0.2, 0.25) is 0 Å². The Morgan fingerprint density at radius 1 is 0.812 bits per heavy atom. The van der Waals surface area contributed by atoms with Crippen molar-refractivity contribution in [2.45, 2.75) is 22.8 Å². The summed E-state index contributed by atoms with van der Waals surface area (Å²) in [6.07, 6.45) is 1.77. The maximum atomic E-state index is 13.1. The van der Waals surface area contributed by atoms with Crippen LogP contribution in [0.3, 0.4) is 0 Å². The molecule has 166 valence electrons. The van der Waals surface area contributed by atoms with E-state index in [0.29, 0.717) is 30.8 Å². The Morgan fingerprint density at radius 3 is 2.03 bits per heavy atom. The van der Waals surface area contributed by atoms with Crippen LogP contribution >= 0.6 is 0 Å². The third kappa shape index (κ3) is 4.59. The van der Waals surface area contributed by atoms with Gasteiger partial charge in [0.25, 0.3) is 5.91 Å². The summed E-state index contributed by atoms with van der Waals surface area (Å²) in [6, 6.07) is 19.4. The van der Waals surface area contributed by atoms with E-state index in [-0.39, 0.29) is 9.79 Å². The summed E-state index contributed by atoms with van der Waals surface area (Å²) in [5.41, 5.74) is 2.89. The molecule has 0 saturated heterocycles. The average molecular weight is 471 g/mol. The molecule has 0 bridgehead atoms. The quantitative estimate of drug-likeness (QED) is 0.618. The van der Waals surface area contributed by atoms with Crippen LogP contribution in [0.5, 0.6) is 0 Å². The first-order chi connectivity index (χ1) is 15.1. The standard InChI is InChI=1S/C23H22N2O5S2/c1-31(27,28)21-12-8-20(9-13-21)24-23(26)18-6-10-22(11-7-18)32(29,30)25-15-14-17-4-2-3-5-19(17)16-25/h2-13H,14-16H2,1H3,(H,24,26). The van der Waals surface area contributed by atoms with Crippen LogP contribution in [-0.4, -0.2) is 39.8 Å². The first-order valence-electron chi connectivity index (χ1n) is 9.93. The highest BCUT2D eigenvalue weighted by molar-refractivity contribution is 7.90. The molecule has 0 atom stereocenters. The van der Waals surface area contributed by atoms with Crippen molar-refractivity contribution in [3.8, 4) is 0 Å². The number of carbonyl (C=O) groups excluding carboxylic acids is 1. The molecule has 0 spiro atoms. The van der Waals surface area contributed by atoms with Gasteiger partial charge >= 0.3 is 0 Å². The predicted octanol–water partition coefficient (Wildman–Crippen LogP) is 3.09. The van der Waals surface area contributed by atoms with Crippen molar-refractivity contribution in [1.82, 2.24) is 4.31 Å². The lowest BCUT2D eigenvalue weighted by atomic mass is 10.0. The molecule has 1 aliphatic heterocycles. The van der Waals surface area contributed by atoms with Crippen molar-refractivity contribution in [2.24, 2.45) is 0 Å². The average Bonchev–Trinajstić information content (AvgIpc) is 2.78. The molecule has 32 heavy (non-hydrogen) atoms. The number of nitrogens with one attached hydrogen (secondary N) is 1. The summed E-state index contributed by atoms with van der Waals surface area (Å²) in [7, 11) is -7.00. The highest BCUT2D eigenvalue weighted by Crippen LogP contribution is 2.25. The van der Waals surface area contributed by atoms with E-state index in [1.807, 2.05) is 24.3 Å². The number of sulfone groups is 1. The molecular formula is C23H22N2O5S2. The molecule has 1 aliphatic rings. The van der Waals surface area contributed by atoms with Gasteiger partial charge in [-0.1, -0.05) is 24.3 Å². The molecule has 0 radical (unpaired) electrons. The molecule has 9 heteroatoms. The fraction of sp³-hybridized carbons (Fsp3) is 0.174. The molecule has 0 fully saturated rings. The van der Waals surface area contributed by atoms with Gasteiger partial charge in [-0.25, -0.2) is 16.8 Å². The molecule has 0 aliphatic carbocycles. The zero-order valence-electron chi connectivity index (χ0n) is 17.4. The number of benzene rings is 3. The van der Waals surface area contributed by atoms with Gasteiger partial charge in [0.2, 0.25) is 10.0 Å². The maximum Gasteiger partial charge on any atom is 0.255 e. The summed E-state index contributed by atoms with van der Waals surface area (Å²) in [6.45, 7) is 0.731. The smallest absolute Gasteiger partial charge is 0.255 e. The minimum absolute atomic E-state index is 0.130. The Kier molecular flexibility index (Phi) is 5.89. The van der Waals surface area contributed by atoms with E-state index in [1.54, 1.807) is 0 Å². The van der Waals surface area contributed by atoms with Gasteiger partial charge < -0.3 is 5.32 Å². The van der Waals surface area contributed by atoms with Crippen molar-refractivity contribution in [3.05, 3.63) is 89.5 Å². The van der Waals surface area contributed by atoms with Crippen LogP contribution in [0.15, 0.2) is 82.6 Å². The van der Waals surface area contributed by atoms with Gasteiger partial charge in [-0.05, 0) is 66.1 Å². The van der Waals surface area contributed by atoms with E-state index in [0.717, 1.165) is 17.4 Å². The fourth-order valence-corrected chi connectivity index (χ4v) is 5.64. The largest absolute Gasteiger partial charge is 0.322 e. The summed E-state index contributed by atoms with van der Waals surface area (Å²) < 4.78 is 50.6. The number of hydrogen-bond donors (Lipinski definition) is 1. The van der Waals surface area contributed by atoms with Crippen molar-refractivity contribution < 1.29 is 21.6 Å². The first kappa shape index (κ1) is 22.2. The third-order valence-corrected chi connectivity index (χ3v) is 8.38. The van der Waals surface area contributed by atoms with Crippen molar-refractivity contribution in [3.63, 3.8) is 0 Å². The number of hydrogen-bond acceptors (Lipinski definition) is 5. The van der Waals surface area contributed by atoms with Gasteiger partial charge in [0.05, 0.1) is 9.79 Å². The highest BCUT2D eigenvalue weighted by Gasteiger charge is 2.28. The molecule has 0 unspecified atom stereocenters. The van der Waals surface area contributed by atoms with E-state index >= 15 is 0 Å². The number of amides is 1. The van der Waals surface area contributed by atoms with E-state index in [2.05, 4.69) is 5.32 Å². The Hall–Kier alpha value is -3.01. The van der Waals surface area contributed by atoms with Crippen LogP contribution in [0.4, 0.5) is 5.69 Å². The van der Waals surface area contributed by atoms with Gasteiger partial charge in [-0.2, -0.15) is 4.31 Å². The lowest BCUT2D eigenvalue weighted by Gasteiger charge is -2.28. The Morgan fingerprint density at radius 2 is 1.41 bits per heavy atom. The molecule has 7 nitrogen and oxygen atoms in total. The van der Waals surface area contributed by atoms with Gasteiger partial charge in [0.1, 0.15) is 0 Å². The van der Waals surface area contributed by atoms with Crippen molar-refractivity contribution in [2.75, 3.05) is 18.1 Å². The Balaban J connectivity index is 1.47. The number of carbonyl (C=O) groups is 1. The summed E-state index contributed by atoms with van der Waals surface area (Å²) in [4.78, 5) is 12.8. The number of anilines is 1. The van der Waals surface area contributed by atoms with Crippen LogP contribution in [-0.2, 0) is 32.8 Å². The molecule has 4 rings (SSSR count). The fourth-order valence-electron chi connectivity index (χ4n) is 3.59. The first-order valence-corrected chi connectivity index (χ1v) is 13.3. The maximum absolute atomic E-state index is 13.1. The zero-order valence-corrected chi connectivity index (χ0v) is 19.0. The van der Waals surface area contributed by atoms with E-state index < -0.39 is 25.8 Å². The molecular weight excluding hydrogens is 448 g/mol. The van der Waals surface area contributed by atoms with Crippen LogP contribution in [0.25, 0.3) is 0 Å². The molecule has 1 amide bonds. The van der Waals surface area contributed by atoms with Gasteiger partial charge in [-0.15, -0.1) is 0 Å². The highest BCUT2D eigenvalue weighted by atomic mass is 32.2. The second-order valence-corrected chi connectivity index (χ2v) is 11.6. The summed E-state index contributed by atoms with van der Waals surface area (Å²) in [5, 5.41) is 2.68. The number of sulfonamides is 1. The number of fused-ring (bicyclic) bond motifs is 1. The summed E-state index contributed by atoms with van der Waals surface area (Å²) in [5.74, 6) is -0.423. The van der Waals surface area contributed by atoms with E-state index in [1.165, 1.54) is 52.8 Å². The predicted molar refractivity (Wildman–Crippen MR) is 122 cm³/mol. The summed E-state index contributed by atoms with van der Waals surface area (Å²) >= 11 is 0. The molecule has 0 saturated carbocycles. The molecule has 1 N–H and O–H groups in total. The van der Waals surface area contributed by atoms with Crippen LogP contribution in [0.1, 0.15) is 21.5 Å². The second kappa shape index (κ2) is 8.50. The molecule has 1 heterocycles. The molecule has 0 aromatic heterocycles. The third-order valence-electron chi connectivity index (χ3n) is 5.39. The van der Waals surface area contributed by atoms with E-state index in [9.17, 15) is 21.6 Å². The van der Waals surface area contributed by atoms with Crippen LogP contribution in [0, 0.1) is 0 Å². The lowest BCUT2D eigenvalue weighted by molar-refractivity contribution is 0.102.